The number of pyridine rings is 1. The molecule has 1 fully saturated rings. The maximum atomic E-state index is 13.1. The van der Waals surface area contributed by atoms with E-state index in [9.17, 15) is 14.4 Å². The Balaban J connectivity index is 1.64. The van der Waals surface area contributed by atoms with E-state index in [0.717, 1.165) is 17.7 Å². The number of nitrogens with zero attached hydrogens (tertiary/aromatic N) is 1. The highest BCUT2D eigenvalue weighted by Gasteiger charge is 2.31. The minimum absolute atomic E-state index is 0.00875. The minimum Gasteiger partial charge on any atom is -0.497 e. The molecule has 0 spiro atoms. The molecule has 2 aromatic rings. The van der Waals surface area contributed by atoms with Gasteiger partial charge in [0, 0.05) is 19.2 Å². The number of hydrogen-bond donors (Lipinski definition) is 1. The molecule has 206 valence electrons. The summed E-state index contributed by atoms with van der Waals surface area (Å²) >= 11 is 0. The Labute approximate surface area is 221 Å². The van der Waals surface area contributed by atoms with E-state index in [0.29, 0.717) is 25.9 Å². The highest BCUT2D eigenvalue weighted by atomic mass is 16.7. The number of aromatic nitrogens is 1. The van der Waals surface area contributed by atoms with Crippen LogP contribution in [0, 0.1) is 0 Å². The predicted molar refractivity (Wildman–Crippen MR) is 135 cm³/mol. The van der Waals surface area contributed by atoms with E-state index in [2.05, 4.69) is 10.3 Å². The molecule has 11 nitrogen and oxygen atoms in total. The summed E-state index contributed by atoms with van der Waals surface area (Å²) in [5, 5.41) is 2.70. The summed E-state index contributed by atoms with van der Waals surface area (Å²) in [6.45, 7) is 2.95. The SMILES string of the molecule is COc1ccc(CO[C@@H]2CCCC[C@H](NC(=O)c3nccc(OC)c3OCOC(C)=O)C(=O)O[C@H]2C)cc1. The van der Waals surface area contributed by atoms with Crippen molar-refractivity contribution in [1.82, 2.24) is 10.3 Å². The van der Waals surface area contributed by atoms with Gasteiger partial charge in [-0.15, -0.1) is 0 Å². The van der Waals surface area contributed by atoms with Crippen LogP contribution in [0.25, 0.3) is 0 Å². The number of hydrogen-bond acceptors (Lipinski definition) is 10. The first-order valence-electron chi connectivity index (χ1n) is 12.4. The third kappa shape index (κ3) is 8.07. The quantitative estimate of drug-likeness (QED) is 0.361. The van der Waals surface area contributed by atoms with Crippen LogP contribution in [0.5, 0.6) is 17.2 Å². The molecule has 1 N–H and O–H groups in total. The second kappa shape index (κ2) is 14.2. The van der Waals surface area contributed by atoms with E-state index < -0.39 is 36.8 Å². The lowest BCUT2D eigenvalue weighted by atomic mass is 10.0. The van der Waals surface area contributed by atoms with Crippen molar-refractivity contribution < 1.29 is 42.8 Å². The van der Waals surface area contributed by atoms with Crippen LogP contribution in [0.2, 0.25) is 0 Å². The Hall–Kier alpha value is -3.86. The van der Waals surface area contributed by atoms with Crippen molar-refractivity contribution in [1.29, 1.82) is 0 Å². The number of rotatable bonds is 10. The number of cyclic esters (lactones) is 1. The van der Waals surface area contributed by atoms with E-state index in [4.69, 9.17) is 28.4 Å². The molecular weight excluding hydrogens is 496 g/mol. The summed E-state index contributed by atoms with van der Waals surface area (Å²) in [5.74, 6) is -0.782. The second-order valence-electron chi connectivity index (χ2n) is 8.74. The second-order valence-corrected chi connectivity index (χ2v) is 8.74. The van der Waals surface area contributed by atoms with Crippen LogP contribution < -0.4 is 19.5 Å². The molecule has 0 radical (unpaired) electrons. The third-order valence-corrected chi connectivity index (χ3v) is 6.04. The van der Waals surface area contributed by atoms with E-state index >= 15 is 0 Å². The summed E-state index contributed by atoms with van der Waals surface area (Å²) in [5.41, 5.74) is 0.866. The molecule has 1 saturated heterocycles. The molecule has 0 unspecified atom stereocenters. The van der Waals surface area contributed by atoms with Crippen molar-refractivity contribution in [3.05, 3.63) is 47.8 Å². The van der Waals surface area contributed by atoms with Crippen LogP contribution >= 0.6 is 0 Å². The zero-order valence-electron chi connectivity index (χ0n) is 22.1. The molecule has 3 atom stereocenters. The van der Waals surface area contributed by atoms with Gasteiger partial charge < -0.3 is 33.7 Å². The lowest BCUT2D eigenvalue weighted by Crippen LogP contribution is -2.44. The molecule has 11 heteroatoms. The van der Waals surface area contributed by atoms with Crippen molar-refractivity contribution in [2.45, 2.75) is 64.4 Å². The first-order chi connectivity index (χ1) is 18.3. The zero-order chi connectivity index (χ0) is 27.5. The van der Waals surface area contributed by atoms with Crippen molar-refractivity contribution in [3.63, 3.8) is 0 Å². The summed E-state index contributed by atoms with van der Waals surface area (Å²) in [4.78, 5) is 41.3. The first-order valence-corrected chi connectivity index (χ1v) is 12.4. The van der Waals surface area contributed by atoms with Gasteiger partial charge in [0.15, 0.2) is 17.2 Å². The Morgan fingerprint density at radius 2 is 1.82 bits per heavy atom. The Bertz CT molecular complexity index is 1090. The fourth-order valence-electron chi connectivity index (χ4n) is 3.95. The Kier molecular flexibility index (Phi) is 10.7. The molecule has 3 rings (SSSR count). The van der Waals surface area contributed by atoms with Crippen LogP contribution in [0.15, 0.2) is 36.5 Å². The standard InChI is InChI=1S/C27H34N2O9/c1-17-22(35-15-19-9-11-20(33-3)12-10-19)8-6-5-7-21(27(32)38-17)29-26(31)24-25(37-16-36-18(2)30)23(34-4)13-14-28-24/h9-14,17,21-22H,5-8,15-16H2,1-4H3,(H,29,31)/t17-,21-,22+/m0/s1. The largest absolute Gasteiger partial charge is 0.497 e. The lowest BCUT2D eigenvalue weighted by molar-refractivity contribution is -0.159. The molecule has 0 saturated carbocycles. The van der Waals surface area contributed by atoms with Gasteiger partial charge in [0.25, 0.3) is 5.91 Å². The van der Waals surface area contributed by atoms with Crippen molar-refractivity contribution >= 4 is 17.8 Å². The normalized spacial score (nSPS) is 19.7. The Morgan fingerprint density at radius 3 is 2.50 bits per heavy atom. The minimum atomic E-state index is -0.889. The number of nitrogens with one attached hydrogen (secondary N) is 1. The smallest absolute Gasteiger partial charge is 0.329 e. The highest BCUT2D eigenvalue weighted by molar-refractivity contribution is 5.98. The topological polar surface area (TPSA) is 132 Å². The maximum Gasteiger partial charge on any atom is 0.329 e. The fourth-order valence-corrected chi connectivity index (χ4v) is 3.95. The number of carbonyl (C=O) groups excluding carboxylic acids is 3. The van der Waals surface area contributed by atoms with E-state index in [-0.39, 0.29) is 23.3 Å². The van der Waals surface area contributed by atoms with Gasteiger partial charge in [0.05, 0.1) is 26.9 Å². The molecule has 0 aliphatic carbocycles. The molecule has 38 heavy (non-hydrogen) atoms. The van der Waals surface area contributed by atoms with Crippen molar-refractivity contribution in [2.24, 2.45) is 0 Å². The van der Waals surface area contributed by atoms with Gasteiger partial charge in [-0.1, -0.05) is 25.0 Å². The molecular formula is C27H34N2O9. The average Bonchev–Trinajstić information content (AvgIpc) is 2.97. The third-order valence-electron chi connectivity index (χ3n) is 6.04. The first kappa shape index (κ1) is 28.7. The van der Waals surface area contributed by atoms with Crippen molar-refractivity contribution in [2.75, 3.05) is 21.0 Å². The lowest BCUT2D eigenvalue weighted by Gasteiger charge is -2.25. The van der Waals surface area contributed by atoms with Gasteiger partial charge in [-0.05, 0) is 37.5 Å². The van der Waals surface area contributed by atoms with Gasteiger partial charge >= 0.3 is 11.9 Å². The molecule has 2 heterocycles. The number of benzene rings is 1. The summed E-state index contributed by atoms with van der Waals surface area (Å²) in [7, 11) is 3.01. The zero-order valence-corrected chi connectivity index (χ0v) is 22.1. The molecule has 1 aliphatic rings. The van der Waals surface area contributed by atoms with Crippen molar-refractivity contribution in [3.8, 4) is 17.2 Å². The maximum absolute atomic E-state index is 13.1. The van der Waals surface area contributed by atoms with Crippen LogP contribution in [0.4, 0.5) is 0 Å². The number of esters is 2. The number of methoxy groups -OCH3 is 2. The fraction of sp³-hybridized carbons (Fsp3) is 0.481. The van der Waals surface area contributed by atoms with Gasteiger partial charge in [-0.3, -0.25) is 9.59 Å². The summed E-state index contributed by atoms with van der Waals surface area (Å²) in [6, 6.07) is 8.19. The van der Waals surface area contributed by atoms with Gasteiger partial charge in [-0.25, -0.2) is 9.78 Å². The number of ether oxygens (including phenoxy) is 6. The van der Waals surface area contributed by atoms with E-state index in [1.165, 1.54) is 26.3 Å². The highest BCUT2D eigenvalue weighted by Crippen LogP contribution is 2.30. The van der Waals surface area contributed by atoms with Crippen LogP contribution in [0.1, 0.15) is 55.6 Å². The number of carbonyl (C=O) groups is 3. The Morgan fingerprint density at radius 1 is 1.08 bits per heavy atom. The average molecular weight is 531 g/mol. The molecule has 1 amide bonds. The summed E-state index contributed by atoms with van der Waals surface area (Å²) < 4.78 is 32.5. The van der Waals surface area contributed by atoms with Gasteiger partial charge in [0.1, 0.15) is 17.9 Å². The monoisotopic (exact) mass is 530 g/mol. The predicted octanol–water partition coefficient (Wildman–Crippen LogP) is 3.19. The van der Waals surface area contributed by atoms with Crippen LogP contribution in [-0.4, -0.2) is 62.1 Å². The molecule has 0 bridgehead atoms. The van der Waals surface area contributed by atoms with Gasteiger partial charge in [0.2, 0.25) is 6.79 Å². The molecule has 1 aromatic heterocycles. The summed E-state index contributed by atoms with van der Waals surface area (Å²) in [6.07, 6.45) is 3.12. The van der Waals surface area contributed by atoms with Crippen LogP contribution in [-0.2, 0) is 30.4 Å². The molecule has 1 aromatic carbocycles. The van der Waals surface area contributed by atoms with Gasteiger partial charge in [-0.2, -0.15) is 0 Å². The van der Waals surface area contributed by atoms with Crippen LogP contribution in [0.3, 0.4) is 0 Å². The number of amides is 1. The van der Waals surface area contributed by atoms with E-state index in [1.54, 1.807) is 14.0 Å². The van der Waals surface area contributed by atoms with E-state index in [1.807, 2.05) is 24.3 Å². The molecule has 1 aliphatic heterocycles.